The molecule has 2 amide bonds. The first-order valence-corrected chi connectivity index (χ1v) is 10.5. The molecule has 0 spiro atoms. The number of hydrogen-bond donors (Lipinski definition) is 3. The van der Waals surface area contributed by atoms with E-state index in [-0.39, 0.29) is 17.6 Å². The summed E-state index contributed by atoms with van der Waals surface area (Å²) >= 11 is 0. The molecule has 2 saturated heterocycles. The minimum absolute atomic E-state index is 0.0700. The first-order chi connectivity index (χ1) is 13.4. The second-order valence-corrected chi connectivity index (χ2v) is 8.72. The van der Waals surface area contributed by atoms with Crippen LogP contribution >= 0.6 is 0 Å². The number of methoxy groups -OCH3 is 1. The molecular weight excluding hydrogens is 354 g/mol. The molecule has 1 aromatic rings. The lowest BCUT2D eigenvalue weighted by atomic mass is 9.82. The van der Waals surface area contributed by atoms with Crippen molar-refractivity contribution in [2.45, 2.75) is 69.5 Å². The second kappa shape index (κ2) is 9.61. The molecule has 0 saturated carbocycles. The van der Waals surface area contributed by atoms with Crippen LogP contribution in [0.2, 0.25) is 0 Å². The van der Waals surface area contributed by atoms with Gasteiger partial charge in [-0.25, -0.2) is 4.79 Å². The van der Waals surface area contributed by atoms with Crippen molar-refractivity contribution >= 4 is 6.03 Å². The zero-order chi connectivity index (χ0) is 20.0. The summed E-state index contributed by atoms with van der Waals surface area (Å²) in [4.78, 5) is 12.4. The van der Waals surface area contributed by atoms with Gasteiger partial charge in [0.15, 0.2) is 0 Å². The molecule has 0 aromatic heterocycles. The Bertz CT molecular complexity index is 626. The zero-order valence-electron chi connectivity index (χ0n) is 17.4. The van der Waals surface area contributed by atoms with E-state index in [4.69, 9.17) is 9.47 Å². The van der Waals surface area contributed by atoms with Gasteiger partial charge >= 0.3 is 6.03 Å². The van der Waals surface area contributed by atoms with E-state index >= 15 is 0 Å². The van der Waals surface area contributed by atoms with Crippen molar-refractivity contribution in [3.8, 4) is 5.75 Å². The number of piperidine rings is 1. The Morgan fingerprint density at radius 3 is 2.61 bits per heavy atom. The van der Waals surface area contributed by atoms with E-state index in [9.17, 15) is 4.79 Å². The van der Waals surface area contributed by atoms with Crippen LogP contribution < -0.4 is 20.7 Å². The van der Waals surface area contributed by atoms with Crippen LogP contribution in [-0.2, 0) is 4.74 Å². The maximum absolute atomic E-state index is 12.4. The first-order valence-electron chi connectivity index (χ1n) is 10.5. The average molecular weight is 390 g/mol. The average Bonchev–Trinajstić information content (AvgIpc) is 2.68. The van der Waals surface area contributed by atoms with Crippen LogP contribution in [0, 0.1) is 0 Å². The summed E-state index contributed by atoms with van der Waals surface area (Å²) in [6.45, 7) is 6.68. The SMILES string of the molecule is COc1ccc(C2CCNC(CC(C)(C)NC(=O)NC3CCOCC3)C2)cc1. The largest absolute Gasteiger partial charge is 0.497 e. The van der Waals surface area contributed by atoms with Crippen LogP contribution in [0.3, 0.4) is 0 Å². The molecule has 6 heteroatoms. The normalized spacial score (nSPS) is 23.8. The molecule has 156 valence electrons. The summed E-state index contributed by atoms with van der Waals surface area (Å²) in [6, 6.07) is 8.97. The Hall–Kier alpha value is -1.79. The standard InChI is InChI=1S/C22H35N3O3/c1-22(2,25-21(26)24-18-9-12-28-13-10-18)15-19-14-17(8-11-23-19)16-4-6-20(27-3)7-5-16/h4-7,17-19,23H,8-15H2,1-3H3,(H2,24,25,26). The third kappa shape index (κ3) is 6.11. The summed E-state index contributed by atoms with van der Waals surface area (Å²) in [5, 5.41) is 9.91. The van der Waals surface area contributed by atoms with Gasteiger partial charge in [-0.2, -0.15) is 0 Å². The van der Waals surface area contributed by atoms with Crippen LogP contribution in [-0.4, -0.2) is 50.5 Å². The highest BCUT2D eigenvalue weighted by Crippen LogP contribution is 2.31. The van der Waals surface area contributed by atoms with Gasteiger partial charge in [-0.15, -0.1) is 0 Å². The summed E-state index contributed by atoms with van der Waals surface area (Å²) < 4.78 is 10.6. The minimum Gasteiger partial charge on any atom is -0.497 e. The zero-order valence-corrected chi connectivity index (χ0v) is 17.4. The third-order valence-corrected chi connectivity index (χ3v) is 5.85. The third-order valence-electron chi connectivity index (χ3n) is 5.85. The number of carbonyl (C=O) groups excluding carboxylic acids is 1. The molecule has 6 nitrogen and oxygen atoms in total. The number of ether oxygens (including phenoxy) is 2. The maximum atomic E-state index is 12.4. The van der Waals surface area contributed by atoms with Crippen molar-refractivity contribution in [1.82, 2.24) is 16.0 Å². The van der Waals surface area contributed by atoms with E-state index in [1.165, 1.54) is 5.56 Å². The number of nitrogens with one attached hydrogen (secondary N) is 3. The van der Waals surface area contributed by atoms with Gasteiger partial charge in [0.25, 0.3) is 0 Å². The summed E-state index contributed by atoms with van der Waals surface area (Å²) in [6.07, 6.45) is 4.91. The smallest absolute Gasteiger partial charge is 0.315 e. The fourth-order valence-electron chi connectivity index (χ4n) is 4.38. The van der Waals surface area contributed by atoms with Crippen molar-refractivity contribution in [1.29, 1.82) is 0 Å². The molecular formula is C22H35N3O3. The first kappa shape index (κ1) is 20.9. The van der Waals surface area contributed by atoms with Crippen LogP contribution in [0.25, 0.3) is 0 Å². The molecule has 2 atom stereocenters. The number of rotatable bonds is 6. The Labute approximate surface area is 168 Å². The number of carbonyl (C=O) groups is 1. The Morgan fingerprint density at radius 1 is 1.21 bits per heavy atom. The Balaban J connectivity index is 1.50. The molecule has 28 heavy (non-hydrogen) atoms. The van der Waals surface area contributed by atoms with Crippen molar-refractivity contribution in [2.75, 3.05) is 26.9 Å². The lowest BCUT2D eigenvalue weighted by Gasteiger charge is -2.37. The minimum atomic E-state index is -0.269. The van der Waals surface area contributed by atoms with Gasteiger partial charge in [0, 0.05) is 30.8 Å². The van der Waals surface area contributed by atoms with E-state index in [2.05, 4.69) is 41.9 Å². The molecule has 2 unspecified atom stereocenters. The molecule has 1 aromatic carbocycles. The van der Waals surface area contributed by atoms with Crippen LogP contribution in [0.15, 0.2) is 24.3 Å². The highest BCUT2D eigenvalue weighted by Gasteiger charge is 2.30. The van der Waals surface area contributed by atoms with Crippen molar-refractivity contribution < 1.29 is 14.3 Å². The Kier molecular flexibility index (Phi) is 7.18. The van der Waals surface area contributed by atoms with E-state index in [1.807, 2.05) is 12.1 Å². The van der Waals surface area contributed by atoms with Gasteiger partial charge in [0.2, 0.25) is 0 Å². The predicted octanol–water partition coefficient (Wildman–Crippen LogP) is 3.18. The fraction of sp³-hybridized carbons (Fsp3) is 0.682. The maximum Gasteiger partial charge on any atom is 0.315 e. The molecule has 0 radical (unpaired) electrons. The predicted molar refractivity (Wildman–Crippen MR) is 111 cm³/mol. The molecule has 3 N–H and O–H groups in total. The van der Waals surface area contributed by atoms with E-state index < -0.39 is 0 Å². The summed E-state index contributed by atoms with van der Waals surface area (Å²) in [5.41, 5.74) is 1.10. The highest BCUT2D eigenvalue weighted by molar-refractivity contribution is 5.75. The topological polar surface area (TPSA) is 71.6 Å². The highest BCUT2D eigenvalue weighted by atomic mass is 16.5. The quantitative estimate of drug-likeness (QED) is 0.699. The van der Waals surface area contributed by atoms with Crippen molar-refractivity contribution in [3.05, 3.63) is 29.8 Å². The number of benzene rings is 1. The monoisotopic (exact) mass is 389 g/mol. The van der Waals surface area contributed by atoms with Gasteiger partial charge in [0.1, 0.15) is 5.75 Å². The summed E-state index contributed by atoms with van der Waals surface area (Å²) in [5.74, 6) is 1.44. The van der Waals surface area contributed by atoms with Crippen LogP contribution in [0.1, 0.15) is 57.4 Å². The number of hydrogen-bond acceptors (Lipinski definition) is 4. The second-order valence-electron chi connectivity index (χ2n) is 8.72. The van der Waals surface area contributed by atoms with Crippen molar-refractivity contribution in [2.24, 2.45) is 0 Å². The molecule has 2 heterocycles. The lowest BCUT2D eigenvalue weighted by Crippen LogP contribution is -2.54. The van der Waals surface area contributed by atoms with Gasteiger partial charge in [-0.05, 0) is 76.1 Å². The molecule has 3 rings (SSSR count). The van der Waals surface area contributed by atoms with E-state index in [0.717, 1.165) is 57.6 Å². The number of amides is 2. The van der Waals surface area contributed by atoms with Crippen molar-refractivity contribution in [3.63, 3.8) is 0 Å². The van der Waals surface area contributed by atoms with E-state index in [1.54, 1.807) is 7.11 Å². The van der Waals surface area contributed by atoms with Crippen LogP contribution in [0.5, 0.6) is 5.75 Å². The number of urea groups is 1. The molecule has 0 bridgehead atoms. The Morgan fingerprint density at radius 2 is 1.93 bits per heavy atom. The van der Waals surface area contributed by atoms with Crippen LogP contribution in [0.4, 0.5) is 4.79 Å². The van der Waals surface area contributed by atoms with Gasteiger partial charge in [-0.1, -0.05) is 12.1 Å². The van der Waals surface area contributed by atoms with Gasteiger partial charge in [-0.3, -0.25) is 0 Å². The molecule has 0 aliphatic carbocycles. The molecule has 2 fully saturated rings. The van der Waals surface area contributed by atoms with Gasteiger partial charge < -0.3 is 25.4 Å². The van der Waals surface area contributed by atoms with E-state index in [0.29, 0.717) is 12.0 Å². The summed E-state index contributed by atoms with van der Waals surface area (Å²) in [7, 11) is 1.70. The fourth-order valence-corrected chi connectivity index (χ4v) is 4.38. The molecule has 2 aliphatic heterocycles. The lowest BCUT2D eigenvalue weighted by molar-refractivity contribution is 0.0796. The van der Waals surface area contributed by atoms with Gasteiger partial charge in [0.05, 0.1) is 7.11 Å². The molecule has 2 aliphatic rings.